The van der Waals surface area contributed by atoms with Crippen molar-refractivity contribution in [2.24, 2.45) is 0 Å². The van der Waals surface area contributed by atoms with Gasteiger partial charge in [-0.2, -0.15) is 0 Å². The van der Waals surface area contributed by atoms with Crippen LogP contribution in [-0.2, 0) is 10.0 Å². The molecule has 1 aromatic rings. The van der Waals surface area contributed by atoms with Crippen LogP contribution in [0, 0.1) is 18.8 Å². The molecule has 5 heteroatoms. The van der Waals surface area contributed by atoms with Crippen LogP contribution in [0.2, 0.25) is 0 Å². The molecule has 2 rings (SSSR count). The van der Waals surface area contributed by atoms with Crippen molar-refractivity contribution in [3.05, 3.63) is 29.3 Å². The third kappa shape index (κ3) is 2.50. The van der Waals surface area contributed by atoms with E-state index < -0.39 is 10.0 Å². The third-order valence-electron chi connectivity index (χ3n) is 2.90. The van der Waals surface area contributed by atoms with E-state index in [1.807, 2.05) is 13.0 Å². The molecule has 1 N–H and O–H groups in total. The maximum Gasteiger partial charge on any atom is 0.235 e. The molecule has 0 amide bonds. The second kappa shape index (κ2) is 5.01. The molecule has 0 aromatic heterocycles. The van der Waals surface area contributed by atoms with Crippen molar-refractivity contribution in [3.63, 3.8) is 0 Å². The van der Waals surface area contributed by atoms with Gasteiger partial charge in [0.1, 0.15) is 6.61 Å². The summed E-state index contributed by atoms with van der Waals surface area (Å²) in [7, 11) is -3.13. The molecule has 1 saturated heterocycles. The first-order valence-corrected chi connectivity index (χ1v) is 7.36. The Labute approximate surface area is 107 Å². The first-order valence-electron chi connectivity index (χ1n) is 5.75. The van der Waals surface area contributed by atoms with Gasteiger partial charge in [-0.25, -0.2) is 8.42 Å². The van der Waals surface area contributed by atoms with Gasteiger partial charge >= 0.3 is 0 Å². The van der Waals surface area contributed by atoms with Crippen molar-refractivity contribution >= 4 is 15.7 Å². The number of hydrogen-bond acceptors (Lipinski definition) is 3. The molecule has 0 spiro atoms. The zero-order chi connectivity index (χ0) is 13.2. The van der Waals surface area contributed by atoms with Crippen LogP contribution in [0.5, 0.6) is 0 Å². The Balaban J connectivity index is 2.35. The van der Waals surface area contributed by atoms with E-state index in [9.17, 15) is 8.42 Å². The number of benzene rings is 1. The summed E-state index contributed by atoms with van der Waals surface area (Å²) in [6, 6.07) is 5.38. The maximum absolute atomic E-state index is 11.8. The highest BCUT2D eigenvalue weighted by atomic mass is 32.2. The number of rotatable bonds is 1. The minimum Gasteiger partial charge on any atom is -0.384 e. The van der Waals surface area contributed by atoms with Crippen LogP contribution < -0.4 is 4.31 Å². The summed E-state index contributed by atoms with van der Waals surface area (Å²) < 4.78 is 25.0. The van der Waals surface area contributed by atoms with E-state index in [0.717, 1.165) is 11.1 Å². The van der Waals surface area contributed by atoms with E-state index in [4.69, 9.17) is 5.11 Å². The normalized spacial score (nSPS) is 17.3. The predicted octanol–water partition coefficient (Wildman–Crippen LogP) is 0.879. The van der Waals surface area contributed by atoms with Gasteiger partial charge in [-0.3, -0.25) is 4.31 Å². The highest BCUT2D eigenvalue weighted by Crippen LogP contribution is 2.25. The Morgan fingerprint density at radius 2 is 2.22 bits per heavy atom. The van der Waals surface area contributed by atoms with Gasteiger partial charge in [-0.1, -0.05) is 11.8 Å². The van der Waals surface area contributed by atoms with Gasteiger partial charge in [0.25, 0.3) is 0 Å². The summed E-state index contributed by atoms with van der Waals surface area (Å²) >= 11 is 0. The van der Waals surface area contributed by atoms with Crippen LogP contribution in [-0.4, -0.2) is 32.4 Å². The SMILES string of the molecule is Cc1cc(N2CCCS2(=O)=O)ccc1C#CCO. The molecule has 1 heterocycles. The molecule has 0 unspecified atom stereocenters. The van der Waals surface area contributed by atoms with Gasteiger partial charge in [0, 0.05) is 12.1 Å². The number of aliphatic hydroxyl groups is 1. The number of aryl methyl sites for hydroxylation is 1. The molecular formula is C13H15NO3S. The van der Waals surface area contributed by atoms with Crippen molar-refractivity contribution in [1.29, 1.82) is 0 Å². The quantitative estimate of drug-likeness (QED) is 0.767. The Morgan fingerprint density at radius 3 is 2.78 bits per heavy atom. The van der Waals surface area contributed by atoms with Gasteiger partial charge in [-0.05, 0) is 37.1 Å². The van der Waals surface area contributed by atoms with E-state index >= 15 is 0 Å². The van der Waals surface area contributed by atoms with Crippen LogP contribution >= 0.6 is 0 Å². The summed E-state index contributed by atoms with van der Waals surface area (Å²) in [6.45, 7) is 2.25. The number of sulfonamides is 1. The fourth-order valence-corrected chi connectivity index (χ4v) is 3.56. The van der Waals surface area contributed by atoms with E-state index in [-0.39, 0.29) is 12.4 Å². The van der Waals surface area contributed by atoms with Gasteiger partial charge in [-0.15, -0.1) is 0 Å². The van der Waals surface area contributed by atoms with Crippen molar-refractivity contribution in [2.75, 3.05) is 23.2 Å². The molecule has 4 nitrogen and oxygen atoms in total. The van der Waals surface area contributed by atoms with E-state index in [0.29, 0.717) is 18.7 Å². The number of anilines is 1. The standard InChI is InChI=1S/C13H15NO3S/c1-11-10-13(6-5-12(11)4-2-8-15)14-7-3-9-18(14,16)17/h5-6,10,15H,3,7-9H2,1H3. The highest BCUT2D eigenvalue weighted by Gasteiger charge is 2.28. The lowest BCUT2D eigenvalue weighted by molar-refractivity contribution is 0.350. The first kappa shape index (κ1) is 12.9. The lowest BCUT2D eigenvalue weighted by atomic mass is 10.1. The second-order valence-electron chi connectivity index (χ2n) is 4.20. The van der Waals surface area contributed by atoms with Crippen LogP contribution in [0.4, 0.5) is 5.69 Å². The molecule has 18 heavy (non-hydrogen) atoms. The lowest BCUT2D eigenvalue weighted by Crippen LogP contribution is -2.25. The van der Waals surface area contributed by atoms with Gasteiger partial charge in [0.05, 0.1) is 11.4 Å². The number of aliphatic hydroxyl groups excluding tert-OH is 1. The highest BCUT2D eigenvalue weighted by molar-refractivity contribution is 7.93. The monoisotopic (exact) mass is 265 g/mol. The minimum atomic E-state index is -3.13. The van der Waals surface area contributed by atoms with Crippen molar-refractivity contribution < 1.29 is 13.5 Å². The minimum absolute atomic E-state index is 0.179. The van der Waals surface area contributed by atoms with Gasteiger partial charge in [0.2, 0.25) is 10.0 Å². The molecule has 1 fully saturated rings. The van der Waals surface area contributed by atoms with E-state index in [1.54, 1.807) is 12.1 Å². The Morgan fingerprint density at radius 1 is 1.44 bits per heavy atom. The molecular weight excluding hydrogens is 250 g/mol. The third-order valence-corrected chi connectivity index (χ3v) is 4.77. The molecule has 96 valence electrons. The van der Waals surface area contributed by atoms with Crippen LogP contribution in [0.25, 0.3) is 0 Å². The smallest absolute Gasteiger partial charge is 0.235 e. The molecule has 0 bridgehead atoms. The first-order chi connectivity index (χ1) is 8.54. The van der Waals surface area contributed by atoms with Crippen molar-refractivity contribution in [3.8, 4) is 11.8 Å². The van der Waals surface area contributed by atoms with Crippen molar-refractivity contribution in [1.82, 2.24) is 0 Å². The maximum atomic E-state index is 11.8. The van der Waals surface area contributed by atoms with E-state index in [2.05, 4.69) is 11.8 Å². The zero-order valence-corrected chi connectivity index (χ0v) is 11.0. The lowest BCUT2D eigenvalue weighted by Gasteiger charge is -2.17. The summed E-state index contributed by atoms with van der Waals surface area (Å²) in [5.41, 5.74) is 2.42. The summed E-state index contributed by atoms with van der Waals surface area (Å²) in [5, 5.41) is 8.65. The Hall–Kier alpha value is -1.51. The molecule has 1 aliphatic rings. The summed E-state index contributed by atoms with van der Waals surface area (Å²) in [5.74, 6) is 5.64. The summed E-state index contributed by atoms with van der Waals surface area (Å²) in [4.78, 5) is 0. The van der Waals surface area contributed by atoms with Crippen LogP contribution in [0.1, 0.15) is 17.5 Å². The zero-order valence-electron chi connectivity index (χ0n) is 10.2. The fourth-order valence-electron chi connectivity index (χ4n) is 2.01. The van der Waals surface area contributed by atoms with Crippen LogP contribution in [0.15, 0.2) is 18.2 Å². The molecule has 0 saturated carbocycles. The average molecular weight is 265 g/mol. The van der Waals surface area contributed by atoms with Crippen molar-refractivity contribution in [2.45, 2.75) is 13.3 Å². The molecule has 1 aromatic carbocycles. The van der Waals surface area contributed by atoms with Crippen LogP contribution in [0.3, 0.4) is 0 Å². The molecule has 0 atom stereocenters. The fraction of sp³-hybridized carbons (Fsp3) is 0.385. The second-order valence-corrected chi connectivity index (χ2v) is 6.21. The molecule has 1 aliphatic heterocycles. The number of hydrogen-bond donors (Lipinski definition) is 1. The predicted molar refractivity (Wildman–Crippen MR) is 70.9 cm³/mol. The average Bonchev–Trinajstić information content (AvgIpc) is 2.67. The number of nitrogens with zero attached hydrogens (tertiary/aromatic N) is 1. The summed E-state index contributed by atoms with van der Waals surface area (Å²) in [6.07, 6.45) is 0.674. The van der Waals surface area contributed by atoms with Gasteiger partial charge in [0.15, 0.2) is 0 Å². The Kier molecular flexibility index (Phi) is 3.60. The van der Waals surface area contributed by atoms with Gasteiger partial charge < -0.3 is 5.11 Å². The molecule has 0 aliphatic carbocycles. The molecule has 0 radical (unpaired) electrons. The van der Waals surface area contributed by atoms with E-state index in [1.165, 1.54) is 4.31 Å². The Bertz CT molecular complexity index is 611. The topological polar surface area (TPSA) is 57.6 Å². The largest absolute Gasteiger partial charge is 0.384 e.